The van der Waals surface area contributed by atoms with E-state index in [9.17, 15) is 9.18 Å². The molecular formula is C15H16FN3O2. The summed E-state index contributed by atoms with van der Waals surface area (Å²) >= 11 is 0. The second-order valence-corrected chi connectivity index (χ2v) is 4.58. The molecule has 6 heteroatoms. The van der Waals surface area contributed by atoms with Gasteiger partial charge in [0.05, 0.1) is 13.2 Å². The van der Waals surface area contributed by atoms with Gasteiger partial charge in [0.1, 0.15) is 5.82 Å². The third-order valence-electron chi connectivity index (χ3n) is 3.34. The lowest BCUT2D eigenvalue weighted by Crippen LogP contribution is -2.24. The van der Waals surface area contributed by atoms with Crippen LogP contribution >= 0.6 is 0 Å². The topological polar surface area (TPSA) is 55.3 Å². The molecule has 0 aliphatic carbocycles. The first-order valence-electron chi connectivity index (χ1n) is 6.44. The van der Waals surface area contributed by atoms with E-state index in [2.05, 4.69) is 14.9 Å². The van der Waals surface area contributed by atoms with Crippen molar-refractivity contribution in [2.75, 3.05) is 19.1 Å². The zero-order valence-electron chi connectivity index (χ0n) is 12.1. The van der Waals surface area contributed by atoms with Gasteiger partial charge in [-0.3, -0.25) is 0 Å². The van der Waals surface area contributed by atoms with Gasteiger partial charge in [0, 0.05) is 12.6 Å². The molecular weight excluding hydrogens is 273 g/mol. The van der Waals surface area contributed by atoms with Crippen molar-refractivity contribution < 1.29 is 13.9 Å². The third kappa shape index (κ3) is 3.16. The average molecular weight is 289 g/mol. The number of anilines is 1. The van der Waals surface area contributed by atoms with Crippen LogP contribution in [0.15, 0.2) is 36.4 Å². The van der Waals surface area contributed by atoms with Gasteiger partial charge in [-0.1, -0.05) is 18.2 Å². The van der Waals surface area contributed by atoms with Gasteiger partial charge in [-0.25, -0.2) is 9.18 Å². The molecule has 1 atom stereocenters. The molecule has 2 aromatic rings. The number of rotatable bonds is 4. The van der Waals surface area contributed by atoms with Crippen LogP contribution in [0, 0.1) is 5.82 Å². The van der Waals surface area contributed by atoms with Crippen molar-refractivity contribution in [2.24, 2.45) is 0 Å². The molecule has 110 valence electrons. The fraction of sp³-hybridized carbons (Fsp3) is 0.267. The van der Waals surface area contributed by atoms with Crippen molar-refractivity contribution in [3.63, 3.8) is 0 Å². The van der Waals surface area contributed by atoms with Crippen LogP contribution in [-0.4, -0.2) is 30.3 Å². The van der Waals surface area contributed by atoms with E-state index in [4.69, 9.17) is 0 Å². The largest absolute Gasteiger partial charge is 0.464 e. The molecule has 0 fully saturated rings. The summed E-state index contributed by atoms with van der Waals surface area (Å²) in [7, 11) is 3.07. The van der Waals surface area contributed by atoms with Crippen molar-refractivity contribution in [2.45, 2.75) is 13.0 Å². The number of ether oxygens (including phenoxy) is 1. The standard InChI is InChI=1S/C15H16FN3O2/c1-10(11-6-4-5-7-12(11)16)19(2)14-9-8-13(17-18-14)15(20)21-3/h4-10H,1-3H3/t10-/m1/s1. The van der Waals surface area contributed by atoms with Crippen LogP contribution in [0.3, 0.4) is 0 Å². The minimum Gasteiger partial charge on any atom is -0.464 e. The quantitative estimate of drug-likeness (QED) is 0.810. The number of esters is 1. The number of nitrogens with zero attached hydrogens (tertiary/aromatic N) is 3. The minimum atomic E-state index is -0.543. The predicted octanol–water partition coefficient (Wildman–Crippen LogP) is 2.60. The first-order chi connectivity index (χ1) is 10.0. The Hall–Kier alpha value is -2.50. The van der Waals surface area contributed by atoms with Crippen molar-refractivity contribution in [3.05, 3.63) is 53.5 Å². The second kappa shape index (κ2) is 6.30. The van der Waals surface area contributed by atoms with Gasteiger partial charge in [0.25, 0.3) is 0 Å². The Kier molecular flexibility index (Phi) is 4.47. The number of aromatic nitrogens is 2. The molecule has 1 aromatic heterocycles. The number of hydrogen-bond donors (Lipinski definition) is 0. The van der Waals surface area contributed by atoms with E-state index in [1.807, 2.05) is 6.92 Å². The van der Waals surface area contributed by atoms with Gasteiger partial charge in [0.15, 0.2) is 11.5 Å². The molecule has 0 saturated heterocycles. The molecule has 0 N–H and O–H groups in total. The Balaban J connectivity index is 2.22. The fourth-order valence-electron chi connectivity index (χ4n) is 1.95. The number of methoxy groups -OCH3 is 1. The lowest BCUT2D eigenvalue weighted by atomic mass is 10.1. The first-order valence-corrected chi connectivity index (χ1v) is 6.44. The number of carbonyl (C=O) groups excluding carboxylic acids is 1. The normalized spacial score (nSPS) is 11.8. The van der Waals surface area contributed by atoms with E-state index < -0.39 is 5.97 Å². The average Bonchev–Trinajstić information content (AvgIpc) is 2.53. The maximum Gasteiger partial charge on any atom is 0.358 e. The summed E-state index contributed by atoms with van der Waals surface area (Å²) in [6, 6.07) is 9.54. The molecule has 0 aliphatic heterocycles. The summed E-state index contributed by atoms with van der Waals surface area (Å²) in [6.07, 6.45) is 0. The fourth-order valence-corrected chi connectivity index (χ4v) is 1.95. The molecule has 0 radical (unpaired) electrons. The third-order valence-corrected chi connectivity index (χ3v) is 3.34. The molecule has 0 saturated carbocycles. The molecule has 0 unspecified atom stereocenters. The molecule has 21 heavy (non-hydrogen) atoms. The zero-order chi connectivity index (χ0) is 15.4. The molecule has 2 rings (SSSR count). The van der Waals surface area contributed by atoms with E-state index in [1.54, 1.807) is 36.2 Å². The van der Waals surface area contributed by atoms with Crippen LogP contribution in [-0.2, 0) is 4.74 Å². The van der Waals surface area contributed by atoms with Crippen LogP contribution in [0.4, 0.5) is 10.2 Å². The molecule has 0 aliphatic rings. The summed E-state index contributed by atoms with van der Waals surface area (Å²) in [5.41, 5.74) is 0.701. The highest BCUT2D eigenvalue weighted by molar-refractivity contribution is 5.86. The van der Waals surface area contributed by atoms with Gasteiger partial charge in [-0.2, -0.15) is 0 Å². The summed E-state index contributed by atoms with van der Waals surface area (Å²) < 4.78 is 18.4. The van der Waals surface area contributed by atoms with Crippen LogP contribution < -0.4 is 4.90 Å². The van der Waals surface area contributed by atoms with Crippen molar-refractivity contribution in [1.82, 2.24) is 10.2 Å². The van der Waals surface area contributed by atoms with Crippen LogP contribution in [0.5, 0.6) is 0 Å². The van der Waals surface area contributed by atoms with Crippen molar-refractivity contribution in [1.29, 1.82) is 0 Å². The highest BCUT2D eigenvalue weighted by atomic mass is 19.1. The maximum atomic E-state index is 13.8. The highest BCUT2D eigenvalue weighted by Gasteiger charge is 2.17. The van der Waals surface area contributed by atoms with Gasteiger partial charge >= 0.3 is 5.97 Å². The molecule has 1 aromatic carbocycles. The number of benzene rings is 1. The predicted molar refractivity (Wildman–Crippen MR) is 76.6 cm³/mol. The highest BCUT2D eigenvalue weighted by Crippen LogP contribution is 2.25. The lowest BCUT2D eigenvalue weighted by molar-refractivity contribution is 0.0592. The second-order valence-electron chi connectivity index (χ2n) is 4.58. The van der Waals surface area contributed by atoms with E-state index in [-0.39, 0.29) is 17.6 Å². The monoisotopic (exact) mass is 289 g/mol. The van der Waals surface area contributed by atoms with E-state index >= 15 is 0 Å². The summed E-state index contributed by atoms with van der Waals surface area (Å²) in [4.78, 5) is 13.1. The lowest BCUT2D eigenvalue weighted by Gasteiger charge is -2.26. The SMILES string of the molecule is COC(=O)c1ccc(N(C)[C@H](C)c2ccccc2F)nn1. The maximum absolute atomic E-state index is 13.8. The minimum absolute atomic E-state index is 0.133. The molecule has 0 amide bonds. The summed E-state index contributed by atoms with van der Waals surface area (Å²) in [5, 5.41) is 7.79. The van der Waals surface area contributed by atoms with E-state index in [1.165, 1.54) is 19.2 Å². The first kappa shape index (κ1) is 14.9. The molecule has 0 spiro atoms. The number of carbonyl (C=O) groups is 1. The Morgan fingerprint density at radius 3 is 2.52 bits per heavy atom. The van der Waals surface area contributed by atoms with Crippen LogP contribution in [0.25, 0.3) is 0 Å². The Bertz CT molecular complexity index is 631. The summed E-state index contributed by atoms with van der Waals surface area (Å²) in [6.45, 7) is 1.87. The van der Waals surface area contributed by atoms with E-state index in [0.717, 1.165) is 0 Å². The van der Waals surface area contributed by atoms with Crippen molar-refractivity contribution in [3.8, 4) is 0 Å². The number of halogens is 1. The van der Waals surface area contributed by atoms with Crippen LogP contribution in [0.1, 0.15) is 29.0 Å². The smallest absolute Gasteiger partial charge is 0.358 e. The molecule has 0 bridgehead atoms. The number of hydrogen-bond acceptors (Lipinski definition) is 5. The zero-order valence-corrected chi connectivity index (χ0v) is 12.1. The van der Waals surface area contributed by atoms with Gasteiger partial charge in [0.2, 0.25) is 0 Å². The van der Waals surface area contributed by atoms with Gasteiger partial charge in [-0.15, -0.1) is 10.2 Å². The summed E-state index contributed by atoms with van der Waals surface area (Å²) in [5.74, 6) is -0.270. The Labute approximate surface area is 122 Å². The molecule has 1 heterocycles. The van der Waals surface area contributed by atoms with Gasteiger partial charge in [-0.05, 0) is 25.1 Å². The van der Waals surface area contributed by atoms with E-state index in [0.29, 0.717) is 11.4 Å². The molecule has 5 nitrogen and oxygen atoms in total. The Morgan fingerprint density at radius 2 is 1.95 bits per heavy atom. The van der Waals surface area contributed by atoms with Crippen molar-refractivity contribution >= 4 is 11.8 Å². The Morgan fingerprint density at radius 1 is 1.24 bits per heavy atom. The van der Waals surface area contributed by atoms with Gasteiger partial charge < -0.3 is 9.64 Å². The van der Waals surface area contributed by atoms with Crippen LogP contribution in [0.2, 0.25) is 0 Å².